The molecule has 0 aromatic heterocycles. The summed E-state index contributed by atoms with van der Waals surface area (Å²) in [5.74, 6) is -0.192. The molecule has 0 saturated heterocycles. The average molecular weight is 232 g/mol. The average Bonchev–Trinajstić information content (AvgIpc) is 2.28. The van der Waals surface area contributed by atoms with Gasteiger partial charge in [0, 0.05) is 7.11 Å². The van der Waals surface area contributed by atoms with Crippen LogP contribution in [0.25, 0.3) is 0 Å². The predicted molar refractivity (Wildman–Crippen MR) is 62.1 cm³/mol. The number of esters is 1. The van der Waals surface area contributed by atoms with Crippen LogP contribution in [0.1, 0.15) is 40.5 Å². The Bertz CT molecular complexity index is 199. The minimum Gasteiger partial charge on any atom is -0.436 e. The van der Waals surface area contributed by atoms with Gasteiger partial charge in [-0.2, -0.15) is 0 Å². The number of carbonyl (C=O) groups excluding carboxylic acids is 1. The van der Waals surface area contributed by atoms with Crippen LogP contribution in [0.5, 0.6) is 0 Å². The molecule has 0 amide bonds. The first-order valence-corrected chi connectivity index (χ1v) is 5.81. The lowest BCUT2D eigenvalue weighted by Gasteiger charge is -2.26. The summed E-state index contributed by atoms with van der Waals surface area (Å²) in [6, 6.07) is 0. The zero-order valence-corrected chi connectivity index (χ0v) is 11.0. The highest BCUT2D eigenvalue weighted by Gasteiger charge is 2.32. The summed E-state index contributed by atoms with van der Waals surface area (Å²) in [6.45, 7) is 8.54. The second-order valence-electron chi connectivity index (χ2n) is 4.10. The second-order valence-corrected chi connectivity index (χ2v) is 4.10. The van der Waals surface area contributed by atoms with Gasteiger partial charge in [0.1, 0.15) is 0 Å². The SMILES string of the molecule is CCC(C)(CC)C(=O)OC(C)OCCOC. The molecule has 0 aromatic carbocycles. The molecule has 0 aliphatic carbocycles. The lowest BCUT2D eigenvalue weighted by Crippen LogP contribution is -2.32. The van der Waals surface area contributed by atoms with E-state index in [9.17, 15) is 4.79 Å². The third-order valence-corrected chi connectivity index (χ3v) is 2.97. The zero-order chi connectivity index (χ0) is 12.6. The van der Waals surface area contributed by atoms with Gasteiger partial charge >= 0.3 is 5.97 Å². The van der Waals surface area contributed by atoms with Crippen LogP contribution in [-0.2, 0) is 19.0 Å². The highest BCUT2D eigenvalue weighted by Crippen LogP contribution is 2.27. The predicted octanol–water partition coefficient (Wildman–Crippen LogP) is 2.36. The van der Waals surface area contributed by atoms with E-state index >= 15 is 0 Å². The summed E-state index contributed by atoms with van der Waals surface area (Å²) in [7, 11) is 1.60. The van der Waals surface area contributed by atoms with Gasteiger partial charge < -0.3 is 14.2 Å². The molecule has 0 aromatic rings. The van der Waals surface area contributed by atoms with Crippen molar-refractivity contribution < 1.29 is 19.0 Å². The Labute approximate surface area is 98.3 Å². The number of hydrogen-bond donors (Lipinski definition) is 0. The molecule has 0 heterocycles. The molecule has 0 rings (SSSR count). The molecule has 0 N–H and O–H groups in total. The van der Waals surface area contributed by atoms with Crippen molar-refractivity contribution in [3.05, 3.63) is 0 Å². The van der Waals surface area contributed by atoms with Crippen LogP contribution in [0.3, 0.4) is 0 Å². The smallest absolute Gasteiger partial charge is 0.314 e. The van der Waals surface area contributed by atoms with Crippen molar-refractivity contribution in [2.75, 3.05) is 20.3 Å². The molecule has 0 fully saturated rings. The number of ether oxygens (including phenoxy) is 3. The standard InChI is InChI=1S/C12H24O4/c1-6-12(4,7-2)11(13)16-10(3)15-9-8-14-5/h10H,6-9H2,1-5H3. The first kappa shape index (κ1) is 15.4. The van der Waals surface area contributed by atoms with Crippen molar-refractivity contribution in [3.8, 4) is 0 Å². The maximum atomic E-state index is 11.8. The molecule has 0 radical (unpaired) electrons. The van der Waals surface area contributed by atoms with E-state index in [1.165, 1.54) is 0 Å². The van der Waals surface area contributed by atoms with Gasteiger partial charge in [0.25, 0.3) is 0 Å². The number of methoxy groups -OCH3 is 1. The van der Waals surface area contributed by atoms with Gasteiger partial charge in [0.15, 0.2) is 6.29 Å². The van der Waals surface area contributed by atoms with E-state index in [2.05, 4.69) is 0 Å². The molecule has 0 bridgehead atoms. The van der Waals surface area contributed by atoms with E-state index in [0.29, 0.717) is 13.2 Å². The molecular formula is C12H24O4. The third kappa shape index (κ3) is 4.94. The van der Waals surface area contributed by atoms with Gasteiger partial charge in [0.2, 0.25) is 0 Å². The number of carbonyl (C=O) groups is 1. The molecule has 16 heavy (non-hydrogen) atoms. The summed E-state index contributed by atoms with van der Waals surface area (Å²) in [6.07, 6.45) is 1.03. The normalized spacial score (nSPS) is 13.6. The van der Waals surface area contributed by atoms with E-state index in [1.54, 1.807) is 14.0 Å². The van der Waals surface area contributed by atoms with Gasteiger partial charge in [0.05, 0.1) is 18.6 Å². The molecular weight excluding hydrogens is 208 g/mol. The fourth-order valence-corrected chi connectivity index (χ4v) is 1.16. The Morgan fingerprint density at radius 3 is 2.25 bits per heavy atom. The summed E-state index contributed by atoms with van der Waals surface area (Å²) in [5.41, 5.74) is -0.404. The van der Waals surface area contributed by atoms with Crippen molar-refractivity contribution in [3.63, 3.8) is 0 Å². The van der Waals surface area contributed by atoms with Gasteiger partial charge in [-0.05, 0) is 26.7 Å². The van der Waals surface area contributed by atoms with Crippen LogP contribution in [0, 0.1) is 5.41 Å². The van der Waals surface area contributed by atoms with Gasteiger partial charge in [-0.3, -0.25) is 4.79 Å². The van der Waals surface area contributed by atoms with E-state index in [4.69, 9.17) is 14.2 Å². The first-order valence-electron chi connectivity index (χ1n) is 5.81. The fourth-order valence-electron chi connectivity index (χ4n) is 1.16. The quantitative estimate of drug-likeness (QED) is 0.366. The van der Waals surface area contributed by atoms with Crippen molar-refractivity contribution in [1.82, 2.24) is 0 Å². The van der Waals surface area contributed by atoms with Gasteiger partial charge in [-0.15, -0.1) is 0 Å². The highest BCUT2D eigenvalue weighted by molar-refractivity contribution is 5.76. The van der Waals surface area contributed by atoms with Crippen LogP contribution < -0.4 is 0 Å². The van der Waals surface area contributed by atoms with Crippen molar-refractivity contribution >= 4 is 5.97 Å². The number of hydrogen-bond acceptors (Lipinski definition) is 4. The molecule has 0 saturated carbocycles. The molecule has 1 atom stereocenters. The van der Waals surface area contributed by atoms with Crippen LogP contribution in [0.4, 0.5) is 0 Å². The minimum absolute atomic E-state index is 0.192. The maximum Gasteiger partial charge on any atom is 0.314 e. The molecule has 0 aliphatic rings. The van der Waals surface area contributed by atoms with Crippen LogP contribution in [-0.4, -0.2) is 32.6 Å². The Balaban J connectivity index is 4.02. The minimum atomic E-state index is -0.514. The summed E-state index contributed by atoms with van der Waals surface area (Å²) < 4.78 is 15.3. The molecule has 96 valence electrons. The highest BCUT2D eigenvalue weighted by atomic mass is 16.7. The largest absolute Gasteiger partial charge is 0.436 e. The van der Waals surface area contributed by atoms with Crippen molar-refractivity contribution in [2.45, 2.75) is 46.8 Å². The van der Waals surface area contributed by atoms with E-state index in [-0.39, 0.29) is 5.97 Å². The molecule has 4 nitrogen and oxygen atoms in total. The Morgan fingerprint density at radius 1 is 1.25 bits per heavy atom. The molecule has 0 aliphatic heterocycles. The molecule has 0 spiro atoms. The number of rotatable bonds is 8. The van der Waals surface area contributed by atoms with Crippen molar-refractivity contribution in [1.29, 1.82) is 0 Å². The summed E-state index contributed by atoms with van der Waals surface area (Å²) in [4.78, 5) is 11.8. The topological polar surface area (TPSA) is 44.8 Å². The summed E-state index contributed by atoms with van der Waals surface area (Å²) in [5, 5.41) is 0. The van der Waals surface area contributed by atoms with E-state index in [0.717, 1.165) is 12.8 Å². The Morgan fingerprint density at radius 2 is 1.81 bits per heavy atom. The van der Waals surface area contributed by atoms with E-state index in [1.807, 2.05) is 20.8 Å². The van der Waals surface area contributed by atoms with Gasteiger partial charge in [-0.1, -0.05) is 13.8 Å². The van der Waals surface area contributed by atoms with Gasteiger partial charge in [-0.25, -0.2) is 0 Å². The maximum absolute atomic E-state index is 11.8. The monoisotopic (exact) mass is 232 g/mol. The van der Waals surface area contributed by atoms with Crippen LogP contribution >= 0.6 is 0 Å². The lowest BCUT2D eigenvalue weighted by molar-refractivity contribution is -0.187. The fraction of sp³-hybridized carbons (Fsp3) is 0.917. The zero-order valence-electron chi connectivity index (χ0n) is 11.0. The van der Waals surface area contributed by atoms with Crippen LogP contribution in [0.2, 0.25) is 0 Å². The molecule has 4 heteroatoms. The second kappa shape index (κ2) is 7.63. The lowest BCUT2D eigenvalue weighted by atomic mass is 9.85. The first-order chi connectivity index (χ1) is 7.50. The third-order valence-electron chi connectivity index (χ3n) is 2.97. The Kier molecular flexibility index (Phi) is 7.34. The molecule has 1 unspecified atom stereocenters. The Hall–Kier alpha value is -0.610. The van der Waals surface area contributed by atoms with Crippen molar-refractivity contribution in [2.24, 2.45) is 5.41 Å². The summed E-state index contributed by atoms with van der Waals surface area (Å²) >= 11 is 0. The van der Waals surface area contributed by atoms with Crippen LogP contribution in [0.15, 0.2) is 0 Å². The van der Waals surface area contributed by atoms with E-state index < -0.39 is 11.7 Å².